The molecule has 0 heterocycles. The van der Waals surface area contributed by atoms with Crippen LogP contribution >= 0.6 is 0 Å². The summed E-state index contributed by atoms with van der Waals surface area (Å²) in [6.45, 7) is 6.27. The van der Waals surface area contributed by atoms with Gasteiger partial charge in [0.1, 0.15) is 13.2 Å². The molecule has 0 aromatic carbocycles. The van der Waals surface area contributed by atoms with Crippen LogP contribution in [-0.4, -0.2) is 37.2 Å². The van der Waals surface area contributed by atoms with Crippen LogP contribution in [0, 0.1) is 0 Å². The second-order valence-corrected chi connectivity index (χ2v) is 14.6. The van der Waals surface area contributed by atoms with Crippen LogP contribution < -0.4 is 0 Å². The molecular formula is C50H82O6. The molecule has 0 radical (unpaired) electrons. The quantitative estimate of drug-likeness (QED) is 0.0203. The molecule has 6 nitrogen and oxygen atoms in total. The van der Waals surface area contributed by atoms with Crippen LogP contribution in [0.5, 0.6) is 0 Å². The zero-order chi connectivity index (χ0) is 40.8. The van der Waals surface area contributed by atoms with Crippen LogP contribution in [0.1, 0.15) is 194 Å². The number of allylic oxidation sites excluding steroid dienone is 14. The molecule has 6 heteroatoms. The van der Waals surface area contributed by atoms with Crippen molar-refractivity contribution in [2.24, 2.45) is 0 Å². The van der Waals surface area contributed by atoms with Crippen LogP contribution in [-0.2, 0) is 28.6 Å². The summed E-state index contributed by atoms with van der Waals surface area (Å²) in [5.41, 5.74) is 0. The lowest BCUT2D eigenvalue weighted by molar-refractivity contribution is -0.167. The molecule has 56 heavy (non-hydrogen) atoms. The minimum atomic E-state index is -0.798. The highest BCUT2D eigenvalue weighted by atomic mass is 16.6. The molecule has 318 valence electrons. The summed E-state index contributed by atoms with van der Waals surface area (Å²) in [6.07, 6.45) is 55.6. The highest BCUT2D eigenvalue weighted by molar-refractivity contribution is 5.71. The second-order valence-electron chi connectivity index (χ2n) is 14.6. The maximum Gasteiger partial charge on any atom is 0.306 e. The van der Waals surface area contributed by atoms with Gasteiger partial charge in [0.15, 0.2) is 6.10 Å². The molecule has 0 spiro atoms. The highest BCUT2D eigenvalue weighted by Crippen LogP contribution is 2.13. The summed E-state index contributed by atoms with van der Waals surface area (Å²) < 4.78 is 16.7. The number of rotatable bonds is 39. The third-order valence-corrected chi connectivity index (χ3v) is 9.20. The van der Waals surface area contributed by atoms with Crippen molar-refractivity contribution < 1.29 is 28.6 Å². The average Bonchev–Trinajstić information content (AvgIpc) is 3.19. The first-order valence-corrected chi connectivity index (χ1v) is 22.6. The van der Waals surface area contributed by atoms with Gasteiger partial charge >= 0.3 is 17.9 Å². The van der Waals surface area contributed by atoms with E-state index >= 15 is 0 Å². The number of ether oxygens (including phenoxy) is 3. The molecule has 0 aromatic rings. The summed E-state index contributed by atoms with van der Waals surface area (Å²) in [5, 5.41) is 0. The first kappa shape index (κ1) is 52.6. The Balaban J connectivity index is 4.45. The monoisotopic (exact) mass is 779 g/mol. The largest absolute Gasteiger partial charge is 0.462 e. The molecule has 0 fully saturated rings. The number of hydrogen-bond acceptors (Lipinski definition) is 6. The molecule has 0 rings (SSSR count). The molecule has 0 saturated heterocycles. The Morgan fingerprint density at radius 1 is 0.393 bits per heavy atom. The molecule has 1 atom stereocenters. The predicted molar refractivity (Wildman–Crippen MR) is 237 cm³/mol. The van der Waals surface area contributed by atoms with Crippen molar-refractivity contribution in [1.29, 1.82) is 0 Å². The summed E-state index contributed by atoms with van der Waals surface area (Å²) in [6, 6.07) is 0. The highest BCUT2D eigenvalue weighted by Gasteiger charge is 2.19. The molecule has 0 aromatic heterocycles. The molecule has 0 amide bonds. The van der Waals surface area contributed by atoms with Crippen molar-refractivity contribution in [2.75, 3.05) is 13.2 Å². The Bertz CT molecular complexity index is 1120. The van der Waals surface area contributed by atoms with Gasteiger partial charge in [0.2, 0.25) is 0 Å². The smallest absolute Gasteiger partial charge is 0.306 e. The topological polar surface area (TPSA) is 78.9 Å². The van der Waals surface area contributed by atoms with E-state index in [1.165, 1.54) is 38.5 Å². The van der Waals surface area contributed by atoms with Gasteiger partial charge in [-0.05, 0) is 83.5 Å². The fourth-order valence-electron chi connectivity index (χ4n) is 5.81. The van der Waals surface area contributed by atoms with Crippen LogP contribution in [0.15, 0.2) is 85.1 Å². The third-order valence-electron chi connectivity index (χ3n) is 9.20. The van der Waals surface area contributed by atoms with Gasteiger partial charge in [0.25, 0.3) is 0 Å². The van der Waals surface area contributed by atoms with Gasteiger partial charge in [-0.2, -0.15) is 0 Å². The minimum absolute atomic E-state index is 0.0987. The Morgan fingerprint density at radius 2 is 0.786 bits per heavy atom. The molecule has 0 saturated carbocycles. The van der Waals surface area contributed by atoms with E-state index in [0.29, 0.717) is 19.3 Å². The van der Waals surface area contributed by atoms with Gasteiger partial charge in [0.05, 0.1) is 0 Å². The van der Waals surface area contributed by atoms with Crippen LogP contribution in [0.25, 0.3) is 0 Å². The van der Waals surface area contributed by atoms with Gasteiger partial charge in [0, 0.05) is 19.3 Å². The van der Waals surface area contributed by atoms with Crippen molar-refractivity contribution in [1.82, 2.24) is 0 Å². The molecule has 0 aliphatic heterocycles. The van der Waals surface area contributed by atoms with Crippen LogP contribution in [0.3, 0.4) is 0 Å². The van der Waals surface area contributed by atoms with E-state index in [2.05, 4.69) is 106 Å². The van der Waals surface area contributed by atoms with Gasteiger partial charge in [-0.1, -0.05) is 176 Å². The Hall–Kier alpha value is -3.41. The SMILES string of the molecule is CC\C=C/C=C\C=C/CCCCCCCCCC(=O)OCC(COC(=O)CCCCC/C=C\C=C/CCCC)OC(=O)CCCCCCC/C=C\C/C=C\CC. The van der Waals surface area contributed by atoms with Crippen LogP contribution in [0.4, 0.5) is 0 Å². The lowest BCUT2D eigenvalue weighted by Gasteiger charge is -2.18. The van der Waals surface area contributed by atoms with E-state index in [-0.39, 0.29) is 31.1 Å². The normalized spacial score (nSPS) is 12.8. The number of hydrogen-bond donors (Lipinski definition) is 0. The molecule has 0 aliphatic rings. The summed E-state index contributed by atoms with van der Waals surface area (Å²) in [5.74, 6) is -0.963. The Labute approximate surface area is 344 Å². The van der Waals surface area contributed by atoms with Crippen molar-refractivity contribution in [2.45, 2.75) is 200 Å². The molecule has 0 N–H and O–H groups in total. The number of unbranched alkanes of at least 4 members (excludes halogenated alkanes) is 17. The fraction of sp³-hybridized carbons (Fsp3) is 0.660. The molecular weight excluding hydrogens is 697 g/mol. The van der Waals surface area contributed by atoms with Gasteiger partial charge in [-0.15, -0.1) is 0 Å². The summed E-state index contributed by atoms with van der Waals surface area (Å²) in [4.78, 5) is 37.7. The van der Waals surface area contributed by atoms with Crippen LogP contribution in [0.2, 0.25) is 0 Å². The lowest BCUT2D eigenvalue weighted by atomic mass is 10.1. The maximum atomic E-state index is 12.7. The van der Waals surface area contributed by atoms with E-state index in [1.54, 1.807) is 0 Å². The van der Waals surface area contributed by atoms with Crippen molar-refractivity contribution in [3.05, 3.63) is 85.1 Å². The average molecular weight is 779 g/mol. The first-order valence-electron chi connectivity index (χ1n) is 22.6. The second kappa shape index (κ2) is 44.3. The zero-order valence-electron chi connectivity index (χ0n) is 36.1. The number of carbonyl (C=O) groups is 3. The van der Waals surface area contributed by atoms with E-state index in [4.69, 9.17) is 14.2 Å². The van der Waals surface area contributed by atoms with Crippen molar-refractivity contribution in [3.8, 4) is 0 Å². The van der Waals surface area contributed by atoms with E-state index in [0.717, 1.165) is 116 Å². The molecule has 0 aliphatic carbocycles. The maximum absolute atomic E-state index is 12.7. The van der Waals surface area contributed by atoms with E-state index < -0.39 is 6.10 Å². The molecule has 0 bridgehead atoms. The lowest BCUT2D eigenvalue weighted by Crippen LogP contribution is -2.30. The zero-order valence-corrected chi connectivity index (χ0v) is 36.1. The number of esters is 3. The van der Waals surface area contributed by atoms with Gasteiger partial charge in [-0.3, -0.25) is 14.4 Å². The molecule has 1 unspecified atom stereocenters. The standard InChI is InChI=1S/C50H82O6/c1-4-7-10-13-16-19-22-24-25-26-29-31-34-37-40-43-49(52)55-46-47(45-54-48(51)42-39-36-33-30-27-21-18-15-12-9-6-3)56-50(53)44-41-38-35-32-28-23-20-17-14-11-8-5-2/h7-8,10-11,13,15-22,27,47H,4-6,9,12,14,23-26,28-46H2,1-3H3/b10-7-,11-8-,16-13-,18-15-,20-17-,22-19-,27-21-. The van der Waals surface area contributed by atoms with E-state index in [1.807, 2.05) is 0 Å². The van der Waals surface area contributed by atoms with Gasteiger partial charge in [-0.25, -0.2) is 0 Å². The Kier molecular flexibility index (Phi) is 41.6. The summed E-state index contributed by atoms with van der Waals surface area (Å²) >= 11 is 0. The fourth-order valence-corrected chi connectivity index (χ4v) is 5.81. The number of carbonyl (C=O) groups excluding carboxylic acids is 3. The van der Waals surface area contributed by atoms with Gasteiger partial charge < -0.3 is 14.2 Å². The first-order chi connectivity index (χ1) is 27.5. The summed E-state index contributed by atoms with van der Waals surface area (Å²) in [7, 11) is 0. The van der Waals surface area contributed by atoms with Crippen molar-refractivity contribution >= 4 is 17.9 Å². The Morgan fingerprint density at radius 3 is 1.30 bits per heavy atom. The van der Waals surface area contributed by atoms with Crippen molar-refractivity contribution in [3.63, 3.8) is 0 Å². The predicted octanol–water partition coefficient (Wildman–Crippen LogP) is 14.5. The van der Waals surface area contributed by atoms with E-state index in [9.17, 15) is 14.4 Å². The minimum Gasteiger partial charge on any atom is -0.462 e. The third kappa shape index (κ3) is 41.7.